The lowest BCUT2D eigenvalue weighted by molar-refractivity contribution is -0.161. The summed E-state index contributed by atoms with van der Waals surface area (Å²) in [6, 6.07) is 6.64. The van der Waals surface area contributed by atoms with Crippen LogP contribution in [0.1, 0.15) is 29.6 Å². The van der Waals surface area contributed by atoms with Crippen molar-refractivity contribution in [2.45, 2.75) is 24.8 Å². The normalized spacial score (nSPS) is 28.3. The second kappa shape index (κ2) is 6.02. The largest absolute Gasteiger partial charge is 0.481 e. The summed E-state index contributed by atoms with van der Waals surface area (Å²) < 4.78 is 0. The quantitative estimate of drug-likeness (QED) is 0.616. The van der Waals surface area contributed by atoms with Crippen molar-refractivity contribution < 1.29 is 24.9 Å². The van der Waals surface area contributed by atoms with E-state index in [-0.39, 0.29) is 17.7 Å². The third-order valence-electron chi connectivity index (χ3n) is 5.65. The van der Waals surface area contributed by atoms with Gasteiger partial charge in [-0.2, -0.15) is 0 Å². The van der Waals surface area contributed by atoms with Crippen molar-refractivity contribution in [2.75, 3.05) is 13.2 Å². The molecule has 4 N–H and O–H groups in total. The molecule has 3 fully saturated rings. The molecular formula is C17H20ClNO5. The van der Waals surface area contributed by atoms with E-state index < -0.39 is 30.1 Å². The van der Waals surface area contributed by atoms with Gasteiger partial charge in [0, 0.05) is 16.1 Å². The molecule has 0 radical (unpaired) electrons. The standard InChI is InChI=1S/C17H20ClNO5/c18-12-3-1-2-10(4-12)14(22)19-16-5-11(6-16)13(7-16)17(8-20,9-21)15(23)24/h1-4,11,13,20-21H,5-9H2,(H,19,22)(H,23,24)/t11?,13-,16?/m1/s1. The first-order chi connectivity index (χ1) is 11.4. The van der Waals surface area contributed by atoms with Gasteiger partial charge in [0.2, 0.25) is 0 Å². The smallest absolute Gasteiger partial charge is 0.314 e. The lowest BCUT2D eigenvalue weighted by atomic mass is 9.69. The van der Waals surface area contributed by atoms with E-state index in [0.29, 0.717) is 29.8 Å². The molecule has 1 atom stereocenters. The molecule has 0 saturated heterocycles. The van der Waals surface area contributed by atoms with Crippen LogP contribution in [-0.4, -0.2) is 45.9 Å². The molecule has 2 bridgehead atoms. The molecule has 0 heterocycles. The Labute approximate surface area is 144 Å². The minimum atomic E-state index is -1.55. The summed E-state index contributed by atoms with van der Waals surface area (Å²) >= 11 is 5.90. The zero-order valence-corrected chi connectivity index (χ0v) is 13.8. The Kier molecular flexibility index (Phi) is 4.32. The average molecular weight is 354 g/mol. The number of carbonyl (C=O) groups excluding carboxylic acids is 1. The molecule has 1 aromatic carbocycles. The van der Waals surface area contributed by atoms with Crippen molar-refractivity contribution in [1.29, 1.82) is 0 Å². The maximum absolute atomic E-state index is 12.4. The van der Waals surface area contributed by atoms with Gasteiger partial charge in [0.15, 0.2) is 0 Å². The topological polar surface area (TPSA) is 107 Å². The van der Waals surface area contributed by atoms with Crippen molar-refractivity contribution in [2.24, 2.45) is 17.3 Å². The van der Waals surface area contributed by atoms with Crippen LogP contribution in [-0.2, 0) is 4.79 Å². The van der Waals surface area contributed by atoms with Gasteiger partial charge in [-0.05, 0) is 49.3 Å². The van der Waals surface area contributed by atoms with Crippen LogP contribution in [0.2, 0.25) is 5.02 Å². The zero-order chi connectivity index (χ0) is 17.5. The van der Waals surface area contributed by atoms with Crippen LogP contribution >= 0.6 is 11.6 Å². The van der Waals surface area contributed by atoms with Crippen LogP contribution in [0.5, 0.6) is 0 Å². The van der Waals surface area contributed by atoms with Gasteiger partial charge < -0.3 is 20.6 Å². The van der Waals surface area contributed by atoms with E-state index in [4.69, 9.17) is 11.6 Å². The van der Waals surface area contributed by atoms with Gasteiger partial charge in [0.25, 0.3) is 5.91 Å². The molecule has 6 nitrogen and oxygen atoms in total. The highest BCUT2D eigenvalue weighted by atomic mass is 35.5. The summed E-state index contributed by atoms with van der Waals surface area (Å²) in [6.07, 6.45) is 1.77. The number of rotatable bonds is 6. The molecule has 0 spiro atoms. The summed E-state index contributed by atoms with van der Waals surface area (Å²) in [6.45, 7) is -1.23. The fraction of sp³-hybridized carbons (Fsp3) is 0.529. The van der Waals surface area contributed by atoms with Crippen molar-refractivity contribution >= 4 is 23.5 Å². The van der Waals surface area contributed by atoms with Crippen LogP contribution < -0.4 is 5.32 Å². The number of benzene rings is 1. The van der Waals surface area contributed by atoms with Crippen LogP contribution in [0.15, 0.2) is 24.3 Å². The maximum atomic E-state index is 12.4. The first kappa shape index (κ1) is 17.2. The molecular weight excluding hydrogens is 334 g/mol. The minimum absolute atomic E-state index is 0.0834. The number of carboxylic acids is 1. The van der Waals surface area contributed by atoms with Crippen molar-refractivity contribution in [3.8, 4) is 0 Å². The number of aliphatic hydroxyl groups excluding tert-OH is 2. The Bertz CT molecular complexity index is 667. The van der Waals surface area contributed by atoms with Crippen LogP contribution in [0.3, 0.4) is 0 Å². The molecule has 0 unspecified atom stereocenters. The third kappa shape index (κ3) is 2.59. The molecule has 130 valence electrons. The van der Waals surface area contributed by atoms with Crippen molar-refractivity contribution in [1.82, 2.24) is 5.32 Å². The minimum Gasteiger partial charge on any atom is -0.481 e. The highest BCUT2D eigenvalue weighted by Gasteiger charge is 2.64. The number of nitrogens with one attached hydrogen (secondary N) is 1. The van der Waals surface area contributed by atoms with Gasteiger partial charge in [-0.1, -0.05) is 17.7 Å². The first-order valence-corrected chi connectivity index (χ1v) is 8.27. The van der Waals surface area contributed by atoms with E-state index >= 15 is 0 Å². The molecule has 3 aliphatic carbocycles. The molecule has 4 rings (SSSR count). The third-order valence-corrected chi connectivity index (χ3v) is 5.89. The Hall–Kier alpha value is -1.63. The lowest BCUT2D eigenvalue weighted by Gasteiger charge is -2.40. The summed E-state index contributed by atoms with van der Waals surface area (Å²) in [5.74, 6) is -1.71. The predicted octanol–water partition coefficient (Wildman–Crippen LogP) is 1.29. The molecule has 24 heavy (non-hydrogen) atoms. The van der Waals surface area contributed by atoms with Gasteiger partial charge in [-0.3, -0.25) is 9.59 Å². The molecule has 1 amide bonds. The number of amides is 1. The van der Waals surface area contributed by atoms with Gasteiger partial charge in [0.1, 0.15) is 5.41 Å². The van der Waals surface area contributed by atoms with Gasteiger partial charge in [-0.15, -0.1) is 0 Å². The number of hydrogen-bond donors (Lipinski definition) is 4. The fourth-order valence-electron chi connectivity index (χ4n) is 4.30. The summed E-state index contributed by atoms with van der Waals surface area (Å²) in [4.78, 5) is 24.0. The van der Waals surface area contributed by atoms with Crippen molar-refractivity contribution in [3.05, 3.63) is 34.9 Å². The second-order valence-corrected chi connectivity index (χ2v) is 7.44. The number of hydrogen-bond acceptors (Lipinski definition) is 4. The molecule has 3 saturated carbocycles. The van der Waals surface area contributed by atoms with E-state index in [9.17, 15) is 24.9 Å². The Morgan fingerprint density at radius 1 is 1.25 bits per heavy atom. The summed E-state index contributed by atoms with van der Waals surface area (Å²) in [5, 5.41) is 32.1. The highest BCUT2D eigenvalue weighted by molar-refractivity contribution is 6.30. The van der Waals surface area contributed by atoms with Crippen LogP contribution in [0, 0.1) is 17.3 Å². The van der Waals surface area contributed by atoms with Gasteiger partial charge in [0.05, 0.1) is 13.2 Å². The number of carbonyl (C=O) groups is 2. The number of halogens is 1. The monoisotopic (exact) mass is 353 g/mol. The van der Waals surface area contributed by atoms with Crippen LogP contribution in [0.4, 0.5) is 0 Å². The van der Waals surface area contributed by atoms with Gasteiger partial charge >= 0.3 is 5.97 Å². The number of carboxylic acid groups (broad SMARTS) is 1. The van der Waals surface area contributed by atoms with E-state index in [1.807, 2.05) is 0 Å². The molecule has 1 aromatic rings. The lowest BCUT2D eigenvalue weighted by Crippen LogP contribution is -2.51. The predicted molar refractivity (Wildman–Crippen MR) is 86.7 cm³/mol. The number of aliphatic hydroxyl groups is 2. The van der Waals surface area contributed by atoms with E-state index in [1.165, 1.54) is 0 Å². The highest BCUT2D eigenvalue weighted by Crippen LogP contribution is 2.60. The fourth-order valence-corrected chi connectivity index (χ4v) is 4.49. The molecule has 7 heteroatoms. The average Bonchev–Trinajstić information content (AvgIpc) is 3.04. The van der Waals surface area contributed by atoms with Gasteiger partial charge in [-0.25, -0.2) is 0 Å². The van der Waals surface area contributed by atoms with Crippen LogP contribution in [0.25, 0.3) is 0 Å². The van der Waals surface area contributed by atoms with Crippen molar-refractivity contribution in [3.63, 3.8) is 0 Å². The second-order valence-electron chi connectivity index (χ2n) is 7.00. The van der Waals surface area contributed by atoms with E-state index in [2.05, 4.69) is 5.32 Å². The Balaban J connectivity index is 1.75. The Morgan fingerprint density at radius 3 is 2.46 bits per heavy atom. The molecule has 3 aliphatic rings. The number of fused-ring (bicyclic) bond motifs is 1. The SMILES string of the molecule is O=C(NC12CC(C1)[C@H](C(CO)(CO)C(=O)O)C2)c1cccc(Cl)c1. The molecule has 0 aliphatic heterocycles. The Morgan fingerprint density at radius 2 is 1.92 bits per heavy atom. The zero-order valence-electron chi connectivity index (χ0n) is 13.0. The first-order valence-electron chi connectivity index (χ1n) is 7.89. The van der Waals surface area contributed by atoms with E-state index in [0.717, 1.165) is 0 Å². The molecule has 0 aromatic heterocycles. The summed E-state index contributed by atoms with van der Waals surface area (Å²) in [7, 11) is 0. The maximum Gasteiger partial charge on any atom is 0.314 e. The summed E-state index contributed by atoms with van der Waals surface area (Å²) in [5.41, 5.74) is -1.55. The van der Waals surface area contributed by atoms with E-state index in [1.54, 1.807) is 24.3 Å². The number of aliphatic carboxylic acids is 1.